The van der Waals surface area contributed by atoms with Gasteiger partial charge in [0.1, 0.15) is 5.82 Å². The van der Waals surface area contributed by atoms with Crippen molar-refractivity contribution >= 4 is 16.8 Å². The molecule has 0 aliphatic carbocycles. The van der Waals surface area contributed by atoms with E-state index >= 15 is 0 Å². The Kier molecular flexibility index (Phi) is 2.56. The molecule has 2 aromatic rings. The lowest BCUT2D eigenvalue weighted by Crippen LogP contribution is -2.21. The van der Waals surface area contributed by atoms with Crippen molar-refractivity contribution < 1.29 is 9.18 Å². The molecule has 0 atom stereocenters. The number of hydrogen-bond acceptors (Lipinski definition) is 2. The van der Waals surface area contributed by atoms with Crippen LogP contribution in [0.2, 0.25) is 0 Å². The summed E-state index contributed by atoms with van der Waals surface area (Å²) in [5, 5.41) is 0.758. The molecule has 0 radical (unpaired) electrons. The van der Waals surface area contributed by atoms with Crippen LogP contribution >= 0.6 is 0 Å². The van der Waals surface area contributed by atoms with Crippen LogP contribution in [0.5, 0.6) is 0 Å². The summed E-state index contributed by atoms with van der Waals surface area (Å²) in [6.07, 6.45) is 1.46. The van der Waals surface area contributed by atoms with Gasteiger partial charge in [-0.1, -0.05) is 0 Å². The maximum atomic E-state index is 12.9. The molecule has 0 spiro atoms. The van der Waals surface area contributed by atoms with E-state index in [0.717, 1.165) is 5.39 Å². The fraction of sp³-hybridized carbons (Fsp3) is 0.167. The number of halogens is 1. The molecule has 0 saturated carbocycles. The summed E-state index contributed by atoms with van der Waals surface area (Å²) in [7, 11) is 3.36. The molecule has 1 heterocycles. The Morgan fingerprint density at radius 2 is 2.06 bits per heavy atom. The van der Waals surface area contributed by atoms with E-state index < -0.39 is 0 Å². The van der Waals surface area contributed by atoms with E-state index in [2.05, 4.69) is 4.98 Å². The molecule has 1 aromatic heterocycles. The zero-order chi connectivity index (χ0) is 11.7. The summed E-state index contributed by atoms with van der Waals surface area (Å²) >= 11 is 0. The Balaban J connectivity index is 2.52. The van der Waals surface area contributed by atoms with Crippen molar-refractivity contribution in [2.75, 3.05) is 14.1 Å². The average molecular weight is 218 g/mol. The molecule has 0 unspecified atom stereocenters. The van der Waals surface area contributed by atoms with Crippen molar-refractivity contribution in [2.45, 2.75) is 0 Å². The summed E-state index contributed by atoms with van der Waals surface area (Å²) in [4.78, 5) is 17.2. The number of fused-ring (bicyclic) bond motifs is 1. The quantitative estimate of drug-likeness (QED) is 0.734. The van der Waals surface area contributed by atoms with E-state index in [1.54, 1.807) is 26.2 Å². The van der Waals surface area contributed by atoms with Gasteiger partial charge in [0.25, 0.3) is 5.91 Å². The van der Waals surface area contributed by atoms with Gasteiger partial charge in [0.2, 0.25) is 0 Å². The highest BCUT2D eigenvalue weighted by atomic mass is 19.1. The minimum absolute atomic E-state index is 0.112. The van der Waals surface area contributed by atoms with Gasteiger partial charge in [-0.3, -0.25) is 9.78 Å². The average Bonchev–Trinajstić information content (AvgIpc) is 2.27. The fourth-order valence-corrected chi connectivity index (χ4v) is 1.47. The molecule has 4 heteroatoms. The van der Waals surface area contributed by atoms with E-state index in [9.17, 15) is 9.18 Å². The number of aromatic nitrogens is 1. The third-order valence-corrected chi connectivity index (χ3v) is 2.30. The zero-order valence-corrected chi connectivity index (χ0v) is 9.07. The Morgan fingerprint density at radius 3 is 2.75 bits per heavy atom. The van der Waals surface area contributed by atoms with Gasteiger partial charge >= 0.3 is 0 Å². The predicted octanol–water partition coefficient (Wildman–Crippen LogP) is 2.08. The molecule has 16 heavy (non-hydrogen) atoms. The fourth-order valence-electron chi connectivity index (χ4n) is 1.47. The maximum Gasteiger partial charge on any atom is 0.254 e. The molecule has 82 valence electrons. The molecular weight excluding hydrogens is 207 g/mol. The number of benzene rings is 1. The van der Waals surface area contributed by atoms with Crippen LogP contribution in [-0.2, 0) is 0 Å². The molecule has 0 bridgehead atoms. The molecule has 0 aliphatic rings. The Labute approximate surface area is 92.5 Å². The molecule has 0 fully saturated rings. The summed E-state index contributed by atoms with van der Waals surface area (Å²) in [5.41, 5.74) is 1.06. The molecule has 2 rings (SSSR count). The van der Waals surface area contributed by atoms with Crippen molar-refractivity contribution in [1.82, 2.24) is 9.88 Å². The second-order valence-electron chi connectivity index (χ2n) is 3.76. The number of hydrogen-bond donors (Lipinski definition) is 0. The lowest BCUT2D eigenvalue weighted by molar-refractivity contribution is 0.0827. The molecule has 0 saturated heterocycles. The Morgan fingerprint density at radius 1 is 1.31 bits per heavy atom. The van der Waals surface area contributed by atoms with Gasteiger partial charge in [-0.05, 0) is 18.2 Å². The number of amides is 1. The third kappa shape index (κ3) is 1.86. The van der Waals surface area contributed by atoms with E-state index in [1.807, 2.05) is 0 Å². The minimum atomic E-state index is -0.327. The van der Waals surface area contributed by atoms with Crippen molar-refractivity contribution in [3.8, 4) is 0 Å². The normalized spacial score (nSPS) is 10.4. The minimum Gasteiger partial charge on any atom is -0.345 e. The van der Waals surface area contributed by atoms with Crippen LogP contribution in [-0.4, -0.2) is 29.9 Å². The Hall–Kier alpha value is -1.97. The standard InChI is InChI=1S/C12H11FN2O/c1-15(2)12(16)9-5-8-3-4-10(13)6-11(8)14-7-9/h3-7H,1-2H3. The highest BCUT2D eigenvalue weighted by Crippen LogP contribution is 2.15. The summed E-state index contributed by atoms with van der Waals surface area (Å²) in [6.45, 7) is 0. The molecule has 1 aromatic carbocycles. The molecule has 0 N–H and O–H groups in total. The molecular formula is C12H11FN2O. The van der Waals surface area contributed by atoms with Crippen molar-refractivity contribution in [1.29, 1.82) is 0 Å². The SMILES string of the molecule is CN(C)C(=O)c1cnc2cc(F)ccc2c1. The van der Waals surface area contributed by atoms with Gasteiger partial charge in [0, 0.05) is 31.7 Å². The van der Waals surface area contributed by atoms with Crippen LogP contribution in [0.3, 0.4) is 0 Å². The molecule has 3 nitrogen and oxygen atoms in total. The van der Waals surface area contributed by atoms with Gasteiger partial charge in [-0.25, -0.2) is 4.39 Å². The monoisotopic (exact) mass is 218 g/mol. The maximum absolute atomic E-state index is 12.9. The first kappa shape index (κ1) is 10.5. The van der Waals surface area contributed by atoms with Crippen LogP contribution < -0.4 is 0 Å². The van der Waals surface area contributed by atoms with Crippen LogP contribution in [0.1, 0.15) is 10.4 Å². The second-order valence-corrected chi connectivity index (χ2v) is 3.76. The first-order valence-corrected chi connectivity index (χ1v) is 4.85. The van der Waals surface area contributed by atoms with E-state index in [4.69, 9.17) is 0 Å². The smallest absolute Gasteiger partial charge is 0.254 e. The second kappa shape index (κ2) is 3.89. The highest BCUT2D eigenvalue weighted by molar-refractivity contribution is 5.96. The summed E-state index contributed by atoms with van der Waals surface area (Å²) in [5.74, 6) is -0.439. The van der Waals surface area contributed by atoms with Crippen molar-refractivity contribution in [3.63, 3.8) is 0 Å². The number of rotatable bonds is 1. The van der Waals surface area contributed by atoms with Crippen LogP contribution in [0.25, 0.3) is 10.9 Å². The number of pyridine rings is 1. The van der Waals surface area contributed by atoms with Gasteiger partial charge < -0.3 is 4.90 Å². The lowest BCUT2D eigenvalue weighted by Gasteiger charge is -2.10. The van der Waals surface area contributed by atoms with Crippen LogP contribution in [0.4, 0.5) is 4.39 Å². The number of nitrogens with zero attached hydrogens (tertiary/aromatic N) is 2. The van der Waals surface area contributed by atoms with Crippen LogP contribution in [0, 0.1) is 5.82 Å². The zero-order valence-electron chi connectivity index (χ0n) is 9.07. The highest BCUT2D eigenvalue weighted by Gasteiger charge is 2.09. The lowest BCUT2D eigenvalue weighted by atomic mass is 10.1. The largest absolute Gasteiger partial charge is 0.345 e. The van der Waals surface area contributed by atoms with Gasteiger partial charge in [0.15, 0.2) is 0 Å². The predicted molar refractivity (Wildman–Crippen MR) is 59.7 cm³/mol. The van der Waals surface area contributed by atoms with E-state index in [1.165, 1.54) is 23.2 Å². The summed E-state index contributed by atoms with van der Waals surface area (Å²) < 4.78 is 12.9. The van der Waals surface area contributed by atoms with Crippen molar-refractivity contribution in [3.05, 3.63) is 41.8 Å². The van der Waals surface area contributed by atoms with E-state index in [0.29, 0.717) is 11.1 Å². The van der Waals surface area contributed by atoms with Crippen molar-refractivity contribution in [2.24, 2.45) is 0 Å². The first-order valence-electron chi connectivity index (χ1n) is 4.85. The molecule has 1 amide bonds. The van der Waals surface area contributed by atoms with Gasteiger partial charge in [0.05, 0.1) is 11.1 Å². The third-order valence-electron chi connectivity index (χ3n) is 2.30. The number of carbonyl (C=O) groups is 1. The molecule has 0 aliphatic heterocycles. The summed E-state index contributed by atoms with van der Waals surface area (Å²) in [6, 6.07) is 6.03. The number of carbonyl (C=O) groups excluding carboxylic acids is 1. The Bertz CT molecular complexity index is 552. The van der Waals surface area contributed by atoms with E-state index in [-0.39, 0.29) is 11.7 Å². The van der Waals surface area contributed by atoms with Crippen LogP contribution in [0.15, 0.2) is 30.5 Å². The van der Waals surface area contributed by atoms with Gasteiger partial charge in [-0.2, -0.15) is 0 Å². The first-order chi connectivity index (χ1) is 7.58. The topological polar surface area (TPSA) is 33.2 Å². The van der Waals surface area contributed by atoms with Gasteiger partial charge in [-0.15, -0.1) is 0 Å².